The highest BCUT2D eigenvalue weighted by atomic mass is 79.9. The lowest BCUT2D eigenvalue weighted by atomic mass is 10.5. The van der Waals surface area contributed by atoms with E-state index in [4.69, 9.17) is 10.6 Å². The monoisotopic (exact) mass is 289 g/mol. The Hall–Kier alpha value is -0.920. The number of nitrogen functional groups attached to an aromatic ring is 1. The molecule has 1 rings (SSSR count). The second-order valence-electron chi connectivity index (χ2n) is 3.13. The summed E-state index contributed by atoms with van der Waals surface area (Å²) >= 11 is 3.39. The number of likely N-dealkylation sites (N-methyl/N-ethyl adjacent to an activating group) is 1. The van der Waals surface area contributed by atoms with E-state index in [0.29, 0.717) is 19.2 Å². The Kier molecular flexibility index (Phi) is 5.44. The van der Waals surface area contributed by atoms with Crippen LogP contribution in [0.1, 0.15) is 6.92 Å². The van der Waals surface area contributed by atoms with Gasteiger partial charge in [0.05, 0.1) is 11.1 Å². The fourth-order valence-electron chi connectivity index (χ4n) is 1.15. The molecule has 90 valence electrons. The maximum atomic E-state index is 5.28. The molecule has 1 aromatic heterocycles. The summed E-state index contributed by atoms with van der Waals surface area (Å²) in [6.45, 7) is 4.10. The number of hydrazine groups is 1. The number of rotatable bonds is 6. The Balaban J connectivity index is 2.69. The summed E-state index contributed by atoms with van der Waals surface area (Å²) < 4.78 is 6.11. The van der Waals surface area contributed by atoms with Gasteiger partial charge in [-0.05, 0) is 22.9 Å². The van der Waals surface area contributed by atoms with E-state index in [1.165, 1.54) is 0 Å². The molecule has 1 heterocycles. The molecule has 0 saturated heterocycles. The third kappa shape index (κ3) is 3.58. The maximum absolute atomic E-state index is 5.28. The minimum Gasteiger partial charge on any atom is -0.380 e. The molecule has 1 aromatic rings. The summed E-state index contributed by atoms with van der Waals surface area (Å²) in [6.07, 6.45) is 1.66. The number of hydrogen-bond donors (Lipinski definition) is 2. The standard InChI is InChI=1S/C9H16BrN5O/c1-3-16-5-4-15(2)8-7(10)6-12-9(13-8)14-11/h6H,3-5,11H2,1-2H3,(H,12,13,14). The third-order valence-corrected chi connectivity index (χ3v) is 2.55. The fraction of sp³-hybridized carbons (Fsp3) is 0.556. The zero-order valence-electron chi connectivity index (χ0n) is 9.40. The van der Waals surface area contributed by atoms with Gasteiger partial charge < -0.3 is 9.64 Å². The molecule has 0 bridgehead atoms. The van der Waals surface area contributed by atoms with Crippen LogP contribution in [-0.2, 0) is 4.74 Å². The SMILES string of the molecule is CCOCCN(C)c1nc(NN)ncc1Br. The zero-order chi connectivity index (χ0) is 12.0. The smallest absolute Gasteiger partial charge is 0.239 e. The van der Waals surface area contributed by atoms with E-state index in [1.54, 1.807) is 6.20 Å². The van der Waals surface area contributed by atoms with Gasteiger partial charge in [-0.15, -0.1) is 0 Å². The lowest BCUT2D eigenvalue weighted by molar-refractivity contribution is 0.154. The van der Waals surface area contributed by atoms with Crippen LogP contribution in [0.3, 0.4) is 0 Å². The predicted molar refractivity (Wildman–Crippen MR) is 67.3 cm³/mol. The van der Waals surface area contributed by atoms with Crippen LogP contribution < -0.4 is 16.2 Å². The number of ether oxygens (including phenoxy) is 1. The minimum absolute atomic E-state index is 0.390. The van der Waals surface area contributed by atoms with Gasteiger partial charge in [0.2, 0.25) is 5.95 Å². The molecule has 7 heteroatoms. The molecule has 0 aliphatic heterocycles. The van der Waals surface area contributed by atoms with Crippen molar-refractivity contribution in [2.24, 2.45) is 5.84 Å². The Labute approximate surface area is 103 Å². The van der Waals surface area contributed by atoms with Gasteiger partial charge in [-0.3, -0.25) is 5.43 Å². The van der Waals surface area contributed by atoms with Crippen molar-refractivity contribution in [3.05, 3.63) is 10.7 Å². The average Bonchev–Trinajstić information content (AvgIpc) is 2.30. The molecule has 6 nitrogen and oxygen atoms in total. The Morgan fingerprint density at radius 2 is 2.38 bits per heavy atom. The van der Waals surface area contributed by atoms with Crippen LogP contribution in [0.5, 0.6) is 0 Å². The lowest BCUT2D eigenvalue weighted by Crippen LogP contribution is -2.24. The van der Waals surface area contributed by atoms with Gasteiger partial charge in [0.1, 0.15) is 5.82 Å². The average molecular weight is 290 g/mol. The normalized spacial score (nSPS) is 10.2. The highest BCUT2D eigenvalue weighted by Gasteiger charge is 2.09. The molecule has 0 radical (unpaired) electrons. The highest BCUT2D eigenvalue weighted by molar-refractivity contribution is 9.10. The number of aromatic nitrogens is 2. The second-order valence-corrected chi connectivity index (χ2v) is 3.98. The van der Waals surface area contributed by atoms with E-state index in [0.717, 1.165) is 16.8 Å². The summed E-state index contributed by atoms with van der Waals surface area (Å²) in [5.41, 5.74) is 2.42. The molecule has 0 atom stereocenters. The Bertz CT molecular complexity index is 336. The third-order valence-electron chi connectivity index (χ3n) is 1.99. The molecule has 16 heavy (non-hydrogen) atoms. The van der Waals surface area contributed by atoms with Gasteiger partial charge >= 0.3 is 0 Å². The summed E-state index contributed by atoms with van der Waals surface area (Å²) in [5, 5.41) is 0. The van der Waals surface area contributed by atoms with Gasteiger partial charge in [-0.1, -0.05) is 0 Å². The number of nitrogens with two attached hydrogens (primary N) is 1. The zero-order valence-corrected chi connectivity index (χ0v) is 11.0. The van der Waals surface area contributed by atoms with Gasteiger partial charge in [0.15, 0.2) is 0 Å². The highest BCUT2D eigenvalue weighted by Crippen LogP contribution is 2.22. The molecule has 0 aromatic carbocycles. The molecule has 0 spiro atoms. The molecule has 0 aliphatic rings. The Morgan fingerprint density at radius 1 is 1.62 bits per heavy atom. The molecular weight excluding hydrogens is 274 g/mol. The van der Waals surface area contributed by atoms with E-state index in [2.05, 4.69) is 31.3 Å². The van der Waals surface area contributed by atoms with E-state index < -0.39 is 0 Å². The lowest BCUT2D eigenvalue weighted by Gasteiger charge is -2.19. The molecule has 3 N–H and O–H groups in total. The van der Waals surface area contributed by atoms with Crippen molar-refractivity contribution in [3.63, 3.8) is 0 Å². The largest absolute Gasteiger partial charge is 0.380 e. The molecule has 0 aliphatic carbocycles. The van der Waals surface area contributed by atoms with Crippen molar-refractivity contribution < 1.29 is 4.74 Å². The van der Waals surface area contributed by atoms with E-state index in [1.807, 2.05) is 18.9 Å². The summed E-state index contributed by atoms with van der Waals surface area (Å²) in [5.74, 6) is 6.43. The molecular formula is C9H16BrN5O. The first-order valence-corrected chi connectivity index (χ1v) is 5.76. The summed E-state index contributed by atoms with van der Waals surface area (Å²) in [7, 11) is 1.94. The van der Waals surface area contributed by atoms with Gasteiger partial charge in [0, 0.05) is 26.4 Å². The maximum Gasteiger partial charge on any atom is 0.239 e. The number of hydrogen-bond acceptors (Lipinski definition) is 6. The van der Waals surface area contributed by atoms with E-state index >= 15 is 0 Å². The summed E-state index contributed by atoms with van der Waals surface area (Å²) in [4.78, 5) is 10.2. The first-order chi connectivity index (χ1) is 7.69. The van der Waals surface area contributed by atoms with Gasteiger partial charge in [-0.25, -0.2) is 10.8 Å². The predicted octanol–water partition coefficient (Wildman–Crippen LogP) is 0.997. The number of halogens is 1. The van der Waals surface area contributed by atoms with Crippen molar-refractivity contribution in [2.75, 3.05) is 37.1 Å². The Morgan fingerprint density at radius 3 is 3.00 bits per heavy atom. The van der Waals surface area contributed by atoms with Crippen LogP contribution in [0.2, 0.25) is 0 Å². The van der Waals surface area contributed by atoms with Gasteiger partial charge in [0.25, 0.3) is 0 Å². The van der Waals surface area contributed by atoms with Crippen molar-refractivity contribution in [1.82, 2.24) is 9.97 Å². The van der Waals surface area contributed by atoms with Crippen LogP contribution >= 0.6 is 15.9 Å². The molecule has 0 saturated carbocycles. The molecule has 0 fully saturated rings. The first kappa shape index (κ1) is 13.1. The van der Waals surface area contributed by atoms with Crippen molar-refractivity contribution in [3.8, 4) is 0 Å². The number of nitrogens with one attached hydrogen (secondary N) is 1. The van der Waals surface area contributed by atoms with Crippen LogP contribution in [0.25, 0.3) is 0 Å². The summed E-state index contributed by atoms with van der Waals surface area (Å²) in [6, 6.07) is 0. The fourth-order valence-corrected chi connectivity index (χ4v) is 1.64. The number of nitrogens with zero attached hydrogens (tertiary/aromatic N) is 3. The molecule has 0 amide bonds. The van der Waals surface area contributed by atoms with Crippen molar-refractivity contribution >= 4 is 27.7 Å². The molecule has 0 unspecified atom stereocenters. The van der Waals surface area contributed by atoms with Gasteiger partial charge in [-0.2, -0.15) is 4.98 Å². The minimum atomic E-state index is 0.390. The van der Waals surface area contributed by atoms with Crippen LogP contribution in [0.4, 0.5) is 11.8 Å². The van der Waals surface area contributed by atoms with Crippen molar-refractivity contribution in [2.45, 2.75) is 6.92 Å². The van der Waals surface area contributed by atoms with E-state index in [9.17, 15) is 0 Å². The van der Waals surface area contributed by atoms with Crippen LogP contribution in [0.15, 0.2) is 10.7 Å². The second kappa shape index (κ2) is 6.62. The topological polar surface area (TPSA) is 76.3 Å². The van der Waals surface area contributed by atoms with Crippen LogP contribution in [0, 0.1) is 0 Å². The van der Waals surface area contributed by atoms with Crippen molar-refractivity contribution in [1.29, 1.82) is 0 Å². The number of anilines is 2. The van der Waals surface area contributed by atoms with Crippen LogP contribution in [-0.4, -0.2) is 36.8 Å². The van der Waals surface area contributed by atoms with E-state index in [-0.39, 0.29) is 0 Å². The first-order valence-electron chi connectivity index (χ1n) is 4.97. The quantitative estimate of drug-likeness (QED) is 0.462.